The number of ether oxygens (including phenoxy) is 3. The number of benzene rings is 1. The van der Waals surface area contributed by atoms with Crippen molar-refractivity contribution in [3.63, 3.8) is 0 Å². The Balaban J connectivity index is 2.02. The van der Waals surface area contributed by atoms with E-state index in [1.165, 1.54) is 0 Å². The Labute approximate surface area is 129 Å². The first-order valence-electron chi connectivity index (χ1n) is 7.39. The number of nitrogens with one attached hydrogen (secondary N) is 2. The average Bonchev–Trinajstić information content (AvgIpc) is 2.96. The highest BCUT2D eigenvalue weighted by atomic mass is 16.7. The van der Waals surface area contributed by atoms with E-state index in [4.69, 9.17) is 14.2 Å². The second-order valence-corrected chi connectivity index (χ2v) is 5.35. The SMILES string of the molecule is CCNC(=O)N[C@H]1c2c(cc3c(c2OC)OCO3)CCN1C. The van der Waals surface area contributed by atoms with E-state index in [0.717, 1.165) is 24.1 Å². The van der Waals surface area contributed by atoms with Gasteiger partial charge < -0.3 is 24.8 Å². The van der Waals surface area contributed by atoms with Crippen LogP contribution in [0.25, 0.3) is 0 Å². The van der Waals surface area contributed by atoms with Crippen molar-refractivity contribution in [2.45, 2.75) is 19.5 Å². The summed E-state index contributed by atoms with van der Waals surface area (Å²) < 4.78 is 16.6. The molecule has 2 N–H and O–H groups in total. The molecule has 3 rings (SSSR count). The molecule has 1 aromatic carbocycles. The Morgan fingerprint density at radius 3 is 3.05 bits per heavy atom. The minimum absolute atomic E-state index is 0.193. The lowest BCUT2D eigenvalue weighted by Gasteiger charge is -2.36. The molecule has 1 atom stereocenters. The van der Waals surface area contributed by atoms with Gasteiger partial charge in [0.05, 0.1) is 7.11 Å². The van der Waals surface area contributed by atoms with Crippen molar-refractivity contribution in [3.8, 4) is 17.2 Å². The standard InChI is InChI=1S/C15H21N3O4/c1-4-16-15(19)17-14-11-9(5-6-18(14)2)7-10-12(13(11)20-3)22-8-21-10/h7,14H,4-6,8H2,1-3H3,(H2,16,17,19)/t14-/m1/s1. The molecule has 0 fully saturated rings. The fraction of sp³-hybridized carbons (Fsp3) is 0.533. The number of likely N-dealkylation sites (N-methyl/N-ethyl adjacent to an activating group) is 1. The lowest BCUT2D eigenvalue weighted by molar-refractivity contribution is 0.169. The number of hydrogen-bond acceptors (Lipinski definition) is 5. The molecule has 0 saturated carbocycles. The Bertz CT molecular complexity index is 591. The first kappa shape index (κ1) is 14.8. The van der Waals surface area contributed by atoms with Gasteiger partial charge in [-0.05, 0) is 32.0 Å². The highest BCUT2D eigenvalue weighted by Gasteiger charge is 2.34. The fourth-order valence-corrected chi connectivity index (χ4v) is 2.95. The van der Waals surface area contributed by atoms with Crippen LogP contribution in [0, 0.1) is 0 Å². The predicted molar refractivity (Wildman–Crippen MR) is 80.4 cm³/mol. The normalized spacial score (nSPS) is 19.5. The summed E-state index contributed by atoms with van der Waals surface area (Å²) in [6, 6.07) is 1.78. The van der Waals surface area contributed by atoms with Crippen LogP contribution in [0.2, 0.25) is 0 Å². The topological polar surface area (TPSA) is 72.1 Å². The summed E-state index contributed by atoms with van der Waals surface area (Å²) in [5.74, 6) is 1.95. The smallest absolute Gasteiger partial charge is 0.316 e. The molecule has 0 saturated heterocycles. The summed E-state index contributed by atoms with van der Waals surface area (Å²) in [4.78, 5) is 14.0. The molecule has 2 amide bonds. The molecule has 120 valence electrons. The molecule has 22 heavy (non-hydrogen) atoms. The average molecular weight is 307 g/mol. The number of amides is 2. The molecule has 7 nitrogen and oxygen atoms in total. The van der Waals surface area contributed by atoms with Gasteiger partial charge in [0.2, 0.25) is 12.5 Å². The van der Waals surface area contributed by atoms with Crippen LogP contribution in [0.1, 0.15) is 24.2 Å². The number of carbonyl (C=O) groups excluding carboxylic acids is 1. The van der Waals surface area contributed by atoms with E-state index in [-0.39, 0.29) is 19.0 Å². The van der Waals surface area contributed by atoms with Gasteiger partial charge in [0.1, 0.15) is 6.17 Å². The molecular formula is C15H21N3O4. The molecule has 7 heteroatoms. The van der Waals surface area contributed by atoms with Gasteiger partial charge in [-0.3, -0.25) is 4.90 Å². The Kier molecular flexibility index (Phi) is 3.98. The molecular weight excluding hydrogens is 286 g/mol. The van der Waals surface area contributed by atoms with Crippen molar-refractivity contribution < 1.29 is 19.0 Å². The zero-order valence-electron chi connectivity index (χ0n) is 13.1. The van der Waals surface area contributed by atoms with Crippen LogP contribution in [0.5, 0.6) is 17.2 Å². The van der Waals surface area contributed by atoms with Crippen molar-refractivity contribution in [3.05, 3.63) is 17.2 Å². The Morgan fingerprint density at radius 2 is 2.32 bits per heavy atom. The van der Waals surface area contributed by atoms with E-state index in [9.17, 15) is 4.79 Å². The molecule has 2 aliphatic heterocycles. The summed E-state index contributed by atoms with van der Waals surface area (Å²) in [6.45, 7) is 3.50. The summed E-state index contributed by atoms with van der Waals surface area (Å²) in [7, 11) is 3.58. The number of urea groups is 1. The third-order valence-electron chi connectivity index (χ3n) is 4.00. The second kappa shape index (κ2) is 5.92. The van der Waals surface area contributed by atoms with E-state index in [0.29, 0.717) is 23.8 Å². The van der Waals surface area contributed by atoms with Gasteiger partial charge in [0.25, 0.3) is 0 Å². The highest BCUT2D eigenvalue weighted by Crippen LogP contribution is 2.48. The van der Waals surface area contributed by atoms with Gasteiger partial charge in [-0.25, -0.2) is 4.79 Å². The van der Waals surface area contributed by atoms with Crippen molar-refractivity contribution in [1.29, 1.82) is 0 Å². The molecule has 2 aliphatic rings. The predicted octanol–water partition coefficient (Wildman–Crippen LogP) is 1.23. The maximum absolute atomic E-state index is 12.0. The van der Waals surface area contributed by atoms with Gasteiger partial charge in [-0.15, -0.1) is 0 Å². The van der Waals surface area contributed by atoms with Crippen LogP contribution in [0.4, 0.5) is 4.79 Å². The minimum Gasteiger partial charge on any atom is -0.492 e. The van der Waals surface area contributed by atoms with Gasteiger partial charge in [0.15, 0.2) is 11.5 Å². The third-order valence-corrected chi connectivity index (χ3v) is 4.00. The minimum atomic E-state index is -0.264. The van der Waals surface area contributed by atoms with Crippen molar-refractivity contribution in [2.75, 3.05) is 34.0 Å². The Hall–Kier alpha value is -2.15. The molecule has 2 heterocycles. The van der Waals surface area contributed by atoms with Gasteiger partial charge in [0, 0.05) is 18.7 Å². The number of methoxy groups -OCH3 is 1. The Morgan fingerprint density at radius 1 is 1.50 bits per heavy atom. The number of rotatable bonds is 3. The largest absolute Gasteiger partial charge is 0.492 e. The highest BCUT2D eigenvalue weighted by molar-refractivity contribution is 5.75. The molecule has 0 aromatic heterocycles. The lowest BCUT2D eigenvalue weighted by Crippen LogP contribution is -2.47. The monoisotopic (exact) mass is 307 g/mol. The third kappa shape index (κ3) is 2.41. The number of hydrogen-bond donors (Lipinski definition) is 2. The molecule has 0 bridgehead atoms. The van der Waals surface area contributed by atoms with Gasteiger partial charge in [-0.1, -0.05) is 0 Å². The first-order valence-corrected chi connectivity index (χ1v) is 7.39. The lowest BCUT2D eigenvalue weighted by atomic mass is 9.95. The van der Waals surface area contributed by atoms with Crippen LogP contribution in [-0.2, 0) is 6.42 Å². The molecule has 1 aromatic rings. The zero-order valence-corrected chi connectivity index (χ0v) is 13.1. The van der Waals surface area contributed by atoms with Crippen LogP contribution < -0.4 is 24.8 Å². The summed E-state index contributed by atoms with van der Waals surface area (Å²) in [6.07, 6.45) is 0.603. The molecule has 0 aliphatic carbocycles. The number of fused-ring (bicyclic) bond motifs is 2. The van der Waals surface area contributed by atoms with Crippen LogP contribution in [0.15, 0.2) is 6.07 Å². The summed E-state index contributed by atoms with van der Waals surface area (Å²) in [5.41, 5.74) is 2.05. The van der Waals surface area contributed by atoms with E-state index in [1.54, 1.807) is 7.11 Å². The quantitative estimate of drug-likeness (QED) is 0.879. The van der Waals surface area contributed by atoms with Crippen molar-refractivity contribution in [2.24, 2.45) is 0 Å². The number of carbonyl (C=O) groups is 1. The molecule has 0 radical (unpaired) electrons. The molecule has 0 spiro atoms. The van der Waals surface area contributed by atoms with E-state index >= 15 is 0 Å². The van der Waals surface area contributed by atoms with E-state index < -0.39 is 0 Å². The second-order valence-electron chi connectivity index (χ2n) is 5.35. The van der Waals surface area contributed by atoms with Crippen LogP contribution in [-0.4, -0.2) is 45.0 Å². The van der Waals surface area contributed by atoms with Gasteiger partial charge >= 0.3 is 6.03 Å². The van der Waals surface area contributed by atoms with Crippen molar-refractivity contribution >= 4 is 6.03 Å². The summed E-state index contributed by atoms with van der Waals surface area (Å²) in [5, 5.41) is 5.75. The van der Waals surface area contributed by atoms with E-state index in [1.807, 2.05) is 20.0 Å². The van der Waals surface area contributed by atoms with E-state index in [2.05, 4.69) is 15.5 Å². The zero-order chi connectivity index (χ0) is 15.7. The molecule has 0 unspecified atom stereocenters. The fourth-order valence-electron chi connectivity index (χ4n) is 2.95. The van der Waals surface area contributed by atoms with Crippen LogP contribution >= 0.6 is 0 Å². The first-order chi connectivity index (χ1) is 10.7. The maximum Gasteiger partial charge on any atom is 0.316 e. The van der Waals surface area contributed by atoms with Crippen LogP contribution in [0.3, 0.4) is 0 Å². The van der Waals surface area contributed by atoms with Crippen molar-refractivity contribution in [1.82, 2.24) is 15.5 Å². The van der Waals surface area contributed by atoms with Gasteiger partial charge in [-0.2, -0.15) is 0 Å². The number of nitrogens with zero attached hydrogens (tertiary/aromatic N) is 1. The summed E-state index contributed by atoms with van der Waals surface area (Å²) >= 11 is 0. The maximum atomic E-state index is 12.0.